The molecule has 0 aliphatic rings. The highest BCUT2D eigenvalue weighted by atomic mass is 35.5. The lowest BCUT2D eigenvalue weighted by Crippen LogP contribution is -1.98. The van der Waals surface area contributed by atoms with Crippen LogP contribution in [0, 0.1) is 0 Å². The van der Waals surface area contributed by atoms with E-state index in [1.165, 1.54) is 0 Å². The summed E-state index contributed by atoms with van der Waals surface area (Å²) in [5, 5.41) is 9.34. The molecule has 1 rings (SSSR count). The Hall–Kier alpha value is -0.320. The fourth-order valence-electron chi connectivity index (χ4n) is 1.37. The zero-order valence-electron chi connectivity index (χ0n) is 9.12. The van der Waals surface area contributed by atoms with E-state index in [0.29, 0.717) is 11.4 Å². The second-order valence-electron chi connectivity index (χ2n) is 3.21. The van der Waals surface area contributed by atoms with Crippen LogP contribution in [-0.2, 0) is 11.2 Å². The van der Waals surface area contributed by atoms with Gasteiger partial charge < -0.3 is 5.11 Å². The summed E-state index contributed by atoms with van der Waals surface area (Å²) in [6, 6.07) is 3.88. The van der Waals surface area contributed by atoms with Crippen molar-refractivity contribution < 1.29 is 9.90 Å². The molecule has 1 aromatic rings. The molecule has 2 nitrogen and oxygen atoms in total. The minimum Gasteiger partial charge on any atom is -0.481 e. The molecule has 0 atom stereocenters. The van der Waals surface area contributed by atoms with Crippen molar-refractivity contribution in [2.75, 3.05) is 12.5 Å². The molecule has 0 saturated carbocycles. The zero-order valence-corrected chi connectivity index (χ0v) is 11.5. The van der Waals surface area contributed by atoms with Crippen LogP contribution in [0.25, 0.3) is 0 Å². The van der Waals surface area contributed by atoms with Gasteiger partial charge in [0.15, 0.2) is 0 Å². The van der Waals surface area contributed by atoms with E-state index in [-0.39, 0.29) is 6.42 Å². The number of hydrogen-bond acceptors (Lipinski definition) is 3. The molecule has 1 aromatic carbocycles. The SMILES string of the molecule is CSc1cc(CCC(=O)O)cc(Cl)c1SC. The monoisotopic (exact) mass is 276 g/mol. The van der Waals surface area contributed by atoms with Crippen LogP contribution in [0.5, 0.6) is 0 Å². The molecule has 88 valence electrons. The summed E-state index contributed by atoms with van der Waals surface area (Å²) in [4.78, 5) is 12.7. The summed E-state index contributed by atoms with van der Waals surface area (Å²) < 4.78 is 0. The molecule has 0 heterocycles. The van der Waals surface area contributed by atoms with Crippen molar-refractivity contribution in [1.29, 1.82) is 0 Å². The summed E-state index contributed by atoms with van der Waals surface area (Å²) in [7, 11) is 0. The summed E-state index contributed by atoms with van der Waals surface area (Å²) in [6.07, 6.45) is 4.64. The van der Waals surface area contributed by atoms with Crippen molar-refractivity contribution in [2.45, 2.75) is 22.6 Å². The van der Waals surface area contributed by atoms with Crippen LogP contribution in [-0.4, -0.2) is 23.6 Å². The van der Waals surface area contributed by atoms with E-state index in [4.69, 9.17) is 16.7 Å². The average Bonchev–Trinajstić information content (AvgIpc) is 2.25. The highest BCUT2D eigenvalue weighted by molar-refractivity contribution is 8.01. The molecular formula is C11H13ClO2S2. The first-order valence-corrected chi connectivity index (χ1v) is 7.53. The standard InChI is InChI=1S/C11H13ClO2S2/c1-15-9-6-7(3-4-10(13)14)5-8(12)11(9)16-2/h5-6H,3-4H2,1-2H3,(H,13,14). The van der Waals surface area contributed by atoms with Gasteiger partial charge in [-0.05, 0) is 36.6 Å². The Morgan fingerprint density at radius 1 is 1.38 bits per heavy atom. The molecule has 0 aliphatic carbocycles. The molecule has 0 saturated heterocycles. The number of carboxylic acid groups (broad SMARTS) is 1. The highest BCUT2D eigenvalue weighted by Gasteiger charge is 2.09. The maximum atomic E-state index is 10.5. The Morgan fingerprint density at radius 3 is 2.56 bits per heavy atom. The molecule has 0 unspecified atom stereocenters. The Kier molecular flexibility index (Phi) is 5.52. The van der Waals surface area contributed by atoms with Gasteiger partial charge in [-0.2, -0.15) is 0 Å². The molecule has 0 amide bonds. The van der Waals surface area contributed by atoms with Crippen molar-refractivity contribution in [1.82, 2.24) is 0 Å². The van der Waals surface area contributed by atoms with Crippen LogP contribution in [0.2, 0.25) is 5.02 Å². The van der Waals surface area contributed by atoms with Crippen LogP contribution < -0.4 is 0 Å². The topological polar surface area (TPSA) is 37.3 Å². The second-order valence-corrected chi connectivity index (χ2v) is 5.28. The highest BCUT2D eigenvalue weighted by Crippen LogP contribution is 2.35. The van der Waals surface area contributed by atoms with Crippen molar-refractivity contribution in [2.24, 2.45) is 0 Å². The third-order valence-electron chi connectivity index (χ3n) is 2.12. The fraction of sp³-hybridized carbons (Fsp3) is 0.364. The van der Waals surface area contributed by atoms with E-state index in [2.05, 4.69) is 0 Å². The molecule has 1 N–H and O–H groups in total. The number of halogens is 1. The lowest BCUT2D eigenvalue weighted by molar-refractivity contribution is -0.136. The van der Waals surface area contributed by atoms with Crippen LogP contribution >= 0.6 is 35.1 Å². The summed E-state index contributed by atoms with van der Waals surface area (Å²) in [5.74, 6) is -0.782. The van der Waals surface area contributed by atoms with Crippen LogP contribution in [0.15, 0.2) is 21.9 Å². The third kappa shape index (κ3) is 3.61. The predicted octanol–water partition coefficient (Wildman–Crippen LogP) is 3.80. The minimum absolute atomic E-state index is 0.142. The third-order valence-corrected chi connectivity index (χ3v) is 4.27. The van der Waals surface area contributed by atoms with Gasteiger partial charge in [-0.25, -0.2) is 0 Å². The number of carbonyl (C=O) groups is 1. The predicted molar refractivity (Wildman–Crippen MR) is 71.0 cm³/mol. The maximum absolute atomic E-state index is 10.5. The van der Waals surface area contributed by atoms with E-state index in [0.717, 1.165) is 15.4 Å². The number of benzene rings is 1. The number of aliphatic carboxylic acids is 1. The molecule has 0 bridgehead atoms. The van der Waals surface area contributed by atoms with E-state index in [1.807, 2.05) is 24.6 Å². The van der Waals surface area contributed by atoms with E-state index in [9.17, 15) is 4.79 Å². The van der Waals surface area contributed by atoms with Crippen molar-refractivity contribution in [3.05, 3.63) is 22.7 Å². The van der Waals surface area contributed by atoms with Gasteiger partial charge in [-0.1, -0.05) is 11.6 Å². The van der Waals surface area contributed by atoms with Gasteiger partial charge in [-0.15, -0.1) is 23.5 Å². The first kappa shape index (κ1) is 13.7. The molecular weight excluding hydrogens is 264 g/mol. The summed E-state index contributed by atoms with van der Waals surface area (Å²) in [5.41, 5.74) is 0.981. The number of rotatable bonds is 5. The second kappa shape index (κ2) is 6.42. The van der Waals surface area contributed by atoms with E-state index in [1.54, 1.807) is 23.5 Å². The van der Waals surface area contributed by atoms with Gasteiger partial charge in [0, 0.05) is 16.2 Å². The van der Waals surface area contributed by atoms with Crippen molar-refractivity contribution >= 4 is 41.1 Å². The van der Waals surface area contributed by atoms with Gasteiger partial charge >= 0.3 is 5.97 Å². The van der Waals surface area contributed by atoms with Crippen molar-refractivity contribution in [3.8, 4) is 0 Å². The molecule has 0 spiro atoms. The molecule has 5 heteroatoms. The zero-order chi connectivity index (χ0) is 12.1. The van der Waals surface area contributed by atoms with Gasteiger partial charge in [0.2, 0.25) is 0 Å². The average molecular weight is 277 g/mol. The van der Waals surface area contributed by atoms with Crippen molar-refractivity contribution in [3.63, 3.8) is 0 Å². The van der Waals surface area contributed by atoms with E-state index < -0.39 is 5.97 Å². The quantitative estimate of drug-likeness (QED) is 0.830. The minimum atomic E-state index is -0.782. The summed E-state index contributed by atoms with van der Waals surface area (Å²) >= 11 is 9.39. The lowest BCUT2D eigenvalue weighted by Gasteiger charge is -2.09. The first-order chi connectivity index (χ1) is 7.58. The Balaban J connectivity index is 2.96. The van der Waals surface area contributed by atoms with Gasteiger partial charge in [0.25, 0.3) is 0 Å². The van der Waals surface area contributed by atoms with Gasteiger partial charge in [0.1, 0.15) is 0 Å². The molecule has 0 radical (unpaired) electrons. The Morgan fingerprint density at radius 2 is 2.06 bits per heavy atom. The largest absolute Gasteiger partial charge is 0.481 e. The number of hydrogen-bond donors (Lipinski definition) is 1. The molecule has 16 heavy (non-hydrogen) atoms. The normalized spacial score (nSPS) is 10.4. The van der Waals surface area contributed by atoms with E-state index >= 15 is 0 Å². The maximum Gasteiger partial charge on any atom is 0.303 e. The summed E-state index contributed by atoms with van der Waals surface area (Å²) in [6.45, 7) is 0. The van der Waals surface area contributed by atoms with Gasteiger partial charge in [-0.3, -0.25) is 4.79 Å². The van der Waals surface area contributed by atoms with Crippen LogP contribution in [0.1, 0.15) is 12.0 Å². The Labute approximate surface area is 109 Å². The molecule has 0 fully saturated rings. The number of aryl methyl sites for hydroxylation is 1. The first-order valence-electron chi connectivity index (χ1n) is 4.70. The fourth-order valence-corrected chi connectivity index (χ4v) is 3.47. The van der Waals surface area contributed by atoms with Gasteiger partial charge in [0.05, 0.1) is 5.02 Å². The molecule has 0 aromatic heterocycles. The number of carboxylic acids is 1. The smallest absolute Gasteiger partial charge is 0.303 e. The van der Waals surface area contributed by atoms with Crippen LogP contribution in [0.4, 0.5) is 0 Å². The lowest BCUT2D eigenvalue weighted by atomic mass is 10.1. The Bertz CT molecular complexity index is 394. The molecule has 0 aliphatic heterocycles. The number of thioether (sulfide) groups is 2. The van der Waals surface area contributed by atoms with Crippen LogP contribution in [0.3, 0.4) is 0 Å².